The molecule has 3 aliphatic rings. The number of hydrogen-bond acceptors (Lipinski definition) is 4. The summed E-state index contributed by atoms with van der Waals surface area (Å²) in [5.74, 6) is 2.09. The van der Waals surface area contributed by atoms with E-state index < -0.39 is 0 Å². The zero-order valence-electron chi connectivity index (χ0n) is 16.6. The Hall–Kier alpha value is -2.62. The number of ketones is 1. The molecule has 0 saturated heterocycles. The number of Topliss-reactive ketones (excluding diaryl/α,β-unsaturated/α-hetero) is 1. The Balaban J connectivity index is 1.39. The second-order valence-corrected chi connectivity index (χ2v) is 9.27. The van der Waals surface area contributed by atoms with Gasteiger partial charge < -0.3 is 9.47 Å². The van der Waals surface area contributed by atoms with Gasteiger partial charge in [0, 0.05) is 18.6 Å². The van der Waals surface area contributed by atoms with E-state index >= 15 is 0 Å². The molecule has 1 saturated carbocycles. The first kappa shape index (κ1) is 17.5. The predicted octanol–water partition coefficient (Wildman–Crippen LogP) is 5.10. The second-order valence-electron chi connectivity index (χ2n) is 9.27. The van der Waals surface area contributed by atoms with Gasteiger partial charge in [-0.15, -0.1) is 0 Å². The molecule has 144 valence electrons. The van der Waals surface area contributed by atoms with Gasteiger partial charge in [-0.3, -0.25) is 9.79 Å². The molecule has 1 atom stereocenters. The first-order valence-electron chi connectivity index (χ1n) is 9.97. The van der Waals surface area contributed by atoms with Crippen molar-refractivity contribution in [2.75, 3.05) is 6.79 Å². The van der Waals surface area contributed by atoms with E-state index in [9.17, 15) is 4.79 Å². The Morgan fingerprint density at radius 1 is 1.11 bits per heavy atom. The van der Waals surface area contributed by atoms with Crippen molar-refractivity contribution in [2.24, 2.45) is 10.4 Å². The smallest absolute Gasteiger partial charge is 0.231 e. The monoisotopic (exact) mass is 375 g/mol. The van der Waals surface area contributed by atoms with Gasteiger partial charge in [0.2, 0.25) is 6.79 Å². The van der Waals surface area contributed by atoms with Crippen molar-refractivity contribution in [3.8, 4) is 11.5 Å². The van der Waals surface area contributed by atoms with Gasteiger partial charge in [-0.2, -0.15) is 0 Å². The lowest BCUT2D eigenvalue weighted by atomic mass is 9.77. The lowest BCUT2D eigenvalue weighted by Gasteiger charge is -2.26. The third-order valence-corrected chi connectivity index (χ3v) is 6.30. The number of benzene rings is 2. The summed E-state index contributed by atoms with van der Waals surface area (Å²) in [6, 6.07) is 12.2. The average molecular weight is 375 g/mol. The molecule has 5 rings (SSSR count). The van der Waals surface area contributed by atoms with Crippen LogP contribution in [0.2, 0.25) is 0 Å². The molecule has 0 spiro atoms. The zero-order chi connectivity index (χ0) is 19.5. The first-order valence-corrected chi connectivity index (χ1v) is 9.97. The lowest BCUT2D eigenvalue weighted by Crippen LogP contribution is -2.23. The number of carbonyl (C=O) groups is 1. The molecular weight excluding hydrogens is 350 g/mol. The largest absolute Gasteiger partial charge is 0.454 e. The topological polar surface area (TPSA) is 47.9 Å². The van der Waals surface area contributed by atoms with Crippen molar-refractivity contribution in [3.63, 3.8) is 0 Å². The summed E-state index contributed by atoms with van der Waals surface area (Å²) in [7, 11) is 0. The molecule has 2 aromatic carbocycles. The number of fused-ring (bicyclic) bond motifs is 2. The molecule has 4 nitrogen and oxygen atoms in total. The maximum absolute atomic E-state index is 13.3. The van der Waals surface area contributed by atoms with Gasteiger partial charge in [0.15, 0.2) is 11.5 Å². The second kappa shape index (κ2) is 5.94. The molecule has 2 aliphatic heterocycles. The molecule has 2 aromatic rings. The van der Waals surface area contributed by atoms with E-state index in [1.165, 1.54) is 5.56 Å². The van der Waals surface area contributed by atoms with Gasteiger partial charge in [0.25, 0.3) is 0 Å². The summed E-state index contributed by atoms with van der Waals surface area (Å²) in [6.07, 6.45) is 4.32. The molecule has 0 aromatic heterocycles. The van der Waals surface area contributed by atoms with Crippen LogP contribution in [0.1, 0.15) is 56.2 Å². The number of rotatable bonds is 4. The number of aliphatic imine (C=N–C) groups is 1. The number of carbonyl (C=O) groups excluding carboxylic acids is 1. The van der Waals surface area contributed by atoms with Gasteiger partial charge in [0.05, 0.1) is 11.1 Å². The van der Waals surface area contributed by atoms with Crippen molar-refractivity contribution in [1.29, 1.82) is 0 Å². The maximum atomic E-state index is 13.3. The van der Waals surface area contributed by atoms with Gasteiger partial charge in [-0.05, 0) is 53.1 Å². The van der Waals surface area contributed by atoms with E-state index in [-0.39, 0.29) is 23.4 Å². The van der Waals surface area contributed by atoms with Crippen molar-refractivity contribution in [1.82, 2.24) is 0 Å². The van der Waals surface area contributed by atoms with E-state index in [4.69, 9.17) is 9.47 Å². The molecule has 1 unspecified atom stereocenters. The van der Waals surface area contributed by atoms with Crippen LogP contribution in [-0.2, 0) is 16.6 Å². The third kappa shape index (κ3) is 2.74. The van der Waals surface area contributed by atoms with Crippen LogP contribution in [0.25, 0.3) is 0 Å². The summed E-state index contributed by atoms with van der Waals surface area (Å²) in [5, 5.41) is 0. The van der Waals surface area contributed by atoms with E-state index in [2.05, 4.69) is 44.0 Å². The normalized spacial score (nSPS) is 20.9. The van der Waals surface area contributed by atoms with Crippen LogP contribution in [0.15, 0.2) is 41.4 Å². The molecule has 0 bridgehead atoms. The molecule has 2 heterocycles. The highest BCUT2D eigenvalue weighted by atomic mass is 16.7. The molecule has 0 amide bonds. The number of hydrogen-bond donors (Lipinski definition) is 0. The summed E-state index contributed by atoms with van der Waals surface area (Å²) in [5.41, 5.74) is 4.16. The number of ether oxygens (including phenoxy) is 2. The Labute approximate surface area is 165 Å². The SMILES string of the molecule is CC(C)(C)C1C=Nc2ccc(CC(=O)C3(c4ccc5c(c4)OCO5)CC3)cc21. The zero-order valence-corrected chi connectivity index (χ0v) is 16.6. The van der Waals surface area contributed by atoms with Gasteiger partial charge in [0.1, 0.15) is 5.78 Å². The van der Waals surface area contributed by atoms with Crippen molar-refractivity contribution in [2.45, 2.75) is 51.4 Å². The minimum Gasteiger partial charge on any atom is -0.454 e. The molecule has 28 heavy (non-hydrogen) atoms. The van der Waals surface area contributed by atoms with Crippen molar-refractivity contribution >= 4 is 17.7 Å². The van der Waals surface area contributed by atoms with Crippen molar-refractivity contribution in [3.05, 3.63) is 53.1 Å². The third-order valence-electron chi connectivity index (χ3n) is 6.30. The molecule has 1 fully saturated rings. The van der Waals surface area contributed by atoms with Gasteiger partial charge in [-0.1, -0.05) is 39.0 Å². The Kier molecular flexibility index (Phi) is 3.71. The molecule has 1 aliphatic carbocycles. The summed E-state index contributed by atoms with van der Waals surface area (Å²) < 4.78 is 10.9. The Bertz CT molecular complexity index is 995. The van der Waals surface area contributed by atoms with E-state index in [1.807, 2.05) is 24.4 Å². The molecule has 0 radical (unpaired) electrons. The number of nitrogens with zero attached hydrogens (tertiary/aromatic N) is 1. The highest BCUT2D eigenvalue weighted by molar-refractivity contribution is 5.95. The highest BCUT2D eigenvalue weighted by Crippen LogP contribution is 2.52. The fourth-order valence-corrected chi connectivity index (χ4v) is 4.41. The molecule has 0 N–H and O–H groups in total. The lowest BCUT2D eigenvalue weighted by molar-refractivity contribution is -0.120. The predicted molar refractivity (Wildman–Crippen MR) is 109 cm³/mol. The van der Waals surface area contributed by atoms with Gasteiger partial charge >= 0.3 is 0 Å². The summed E-state index contributed by atoms with van der Waals surface area (Å²) >= 11 is 0. The summed E-state index contributed by atoms with van der Waals surface area (Å²) in [4.78, 5) is 17.8. The minimum absolute atomic E-state index is 0.113. The van der Waals surface area contributed by atoms with E-state index in [0.29, 0.717) is 12.3 Å². The van der Waals surface area contributed by atoms with Crippen LogP contribution in [0.4, 0.5) is 5.69 Å². The Morgan fingerprint density at radius 3 is 2.64 bits per heavy atom. The Morgan fingerprint density at radius 2 is 1.89 bits per heavy atom. The van der Waals surface area contributed by atoms with Crippen LogP contribution in [0.5, 0.6) is 11.5 Å². The van der Waals surface area contributed by atoms with Crippen LogP contribution in [0.3, 0.4) is 0 Å². The van der Waals surface area contributed by atoms with Crippen LogP contribution in [-0.4, -0.2) is 18.8 Å². The molecule has 4 heteroatoms. The highest BCUT2D eigenvalue weighted by Gasteiger charge is 2.50. The summed E-state index contributed by atoms with van der Waals surface area (Å²) in [6.45, 7) is 6.95. The van der Waals surface area contributed by atoms with E-state index in [0.717, 1.165) is 41.2 Å². The van der Waals surface area contributed by atoms with Gasteiger partial charge in [-0.25, -0.2) is 0 Å². The van der Waals surface area contributed by atoms with Crippen molar-refractivity contribution < 1.29 is 14.3 Å². The standard InChI is InChI=1S/C24H25NO3/c1-23(2,3)18-13-25-19-6-4-15(10-17(18)19)11-22(26)24(8-9-24)16-5-7-20-21(12-16)28-14-27-20/h4-7,10,12-13,18H,8-9,11,14H2,1-3H3. The van der Waals surface area contributed by atoms with Crippen LogP contribution in [0, 0.1) is 5.41 Å². The maximum Gasteiger partial charge on any atom is 0.231 e. The minimum atomic E-state index is -0.361. The fourth-order valence-electron chi connectivity index (χ4n) is 4.41. The average Bonchev–Trinajstić information content (AvgIpc) is 3.14. The van der Waals surface area contributed by atoms with Crippen LogP contribution >= 0.6 is 0 Å². The van der Waals surface area contributed by atoms with E-state index in [1.54, 1.807) is 0 Å². The molecular formula is C24H25NO3. The first-order chi connectivity index (χ1) is 13.4. The van der Waals surface area contributed by atoms with Crippen LogP contribution < -0.4 is 9.47 Å². The fraction of sp³-hybridized carbons (Fsp3) is 0.417. The quantitative estimate of drug-likeness (QED) is 0.746.